The van der Waals surface area contributed by atoms with Crippen molar-refractivity contribution in [3.63, 3.8) is 0 Å². The first-order valence-electron chi connectivity index (χ1n) is 8.24. The second kappa shape index (κ2) is 8.18. The van der Waals surface area contributed by atoms with Crippen molar-refractivity contribution in [2.45, 2.75) is 52.4 Å². The molecule has 0 saturated heterocycles. The standard InChI is InChI=1S/C11H17NO2.C10H14/c1-11(2,3)8-6-7-9(13-4)12-10(8)14-5;1-10(2,3)9-7-5-4-6-8-9/h6-7H,1-5H3;4-8H,1-3H3. The molecule has 0 radical (unpaired) electrons. The van der Waals surface area contributed by atoms with Gasteiger partial charge in [0, 0.05) is 11.6 Å². The molecule has 2 aromatic rings. The van der Waals surface area contributed by atoms with Crippen LogP contribution in [0.5, 0.6) is 11.8 Å². The molecule has 132 valence electrons. The van der Waals surface area contributed by atoms with Crippen molar-refractivity contribution in [1.82, 2.24) is 4.98 Å². The fraction of sp³-hybridized carbons (Fsp3) is 0.476. The second-order valence-corrected chi connectivity index (χ2v) is 7.78. The van der Waals surface area contributed by atoms with Crippen molar-refractivity contribution in [3.8, 4) is 11.8 Å². The van der Waals surface area contributed by atoms with Gasteiger partial charge < -0.3 is 9.47 Å². The minimum atomic E-state index is 0.0324. The smallest absolute Gasteiger partial charge is 0.220 e. The summed E-state index contributed by atoms with van der Waals surface area (Å²) in [4.78, 5) is 4.23. The quantitative estimate of drug-likeness (QED) is 0.741. The summed E-state index contributed by atoms with van der Waals surface area (Å²) < 4.78 is 10.3. The molecule has 0 bridgehead atoms. The van der Waals surface area contributed by atoms with Crippen molar-refractivity contribution in [2.75, 3.05) is 14.2 Å². The second-order valence-electron chi connectivity index (χ2n) is 7.78. The molecule has 3 heteroatoms. The van der Waals surface area contributed by atoms with Crippen molar-refractivity contribution in [3.05, 3.63) is 53.6 Å². The molecule has 3 nitrogen and oxygen atoms in total. The van der Waals surface area contributed by atoms with Gasteiger partial charge in [-0.2, -0.15) is 4.98 Å². The van der Waals surface area contributed by atoms with Crippen LogP contribution in [0.25, 0.3) is 0 Å². The highest BCUT2D eigenvalue weighted by molar-refractivity contribution is 5.35. The van der Waals surface area contributed by atoms with E-state index in [0.29, 0.717) is 17.2 Å². The molecule has 0 spiro atoms. The van der Waals surface area contributed by atoms with Crippen LogP contribution in [0.1, 0.15) is 52.7 Å². The lowest BCUT2D eigenvalue weighted by molar-refractivity contribution is 0.354. The average molecular weight is 329 g/mol. The lowest BCUT2D eigenvalue weighted by Crippen LogP contribution is -2.13. The molecule has 24 heavy (non-hydrogen) atoms. The van der Waals surface area contributed by atoms with Crippen LogP contribution >= 0.6 is 0 Å². The van der Waals surface area contributed by atoms with Gasteiger partial charge in [-0.15, -0.1) is 0 Å². The molecule has 0 amide bonds. The molecule has 0 aliphatic rings. The van der Waals surface area contributed by atoms with Crippen LogP contribution in [0.15, 0.2) is 42.5 Å². The topological polar surface area (TPSA) is 31.4 Å². The molecule has 2 rings (SSSR count). The van der Waals surface area contributed by atoms with Gasteiger partial charge in [-0.25, -0.2) is 0 Å². The van der Waals surface area contributed by atoms with Gasteiger partial charge in [0.15, 0.2) is 0 Å². The minimum absolute atomic E-state index is 0.0324. The maximum absolute atomic E-state index is 5.22. The van der Waals surface area contributed by atoms with Gasteiger partial charge in [-0.3, -0.25) is 0 Å². The van der Waals surface area contributed by atoms with Crippen LogP contribution in [0.3, 0.4) is 0 Å². The first-order valence-corrected chi connectivity index (χ1v) is 8.24. The van der Waals surface area contributed by atoms with Gasteiger partial charge in [-0.05, 0) is 22.5 Å². The third-order valence-electron chi connectivity index (χ3n) is 3.69. The Morgan fingerprint density at radius 2 is 1.29 bits per heavy atom. The van der Waals surface area contributed by atoms with Gasteiger partial charge in [0.2, 0.25) is 11.8 Å². The van der Waals surface area contributed by atoms with Gasteiger partial charge in [-0.1, -0.05) is 71.9 Å². The van der Waals surface area contributed by atoms with E-state index >= 15 is 0 Å². The van der Waals surface area contributed by atoms with Crippen LogP contribution < -0.4 is 9.47 Å². The fourth-order valence-electron chi connectivity index (χ4n) is 2.20. The summed E-state index contributed by atoms with van der Waals surface area (Å²) in [7, 11) is 3.22. The van der Waals surface area contributed by atoms with E-state index in [1.54, 1.807) is 14.2 Å². The number of methoxy groups -OCH3 is 2. The number of benzene rings is 1. The molecular formula is C21H31NO2. The predicted octanol–water partition coefficient (Wildman–Crippen LogP) is 5.38. The number of nitrogens with zero attached hydrogens (tertiary/aromatic N) is 1. The van der Waals surface area contributed by atoms with E-state index in [0.717, 1.165) is 5.56 Å². The lowest BCUT2D eigenvalue weighted by Gasteiger charge is -2.21. The highest BCUT2D eigenvalue weighted by atomic mass is 16.5. The summed E-state index contributed by atoms with van der Waals surface area (Å²) in [5.41, 5.74) is 2.81. The van der Waals surface area contributed by atoms with Crippen LogP contribution in [0, 0.1) is 0 Å². The monoisotopic (exact) mass is 329 g/mol. The van der Waals surface area contributed by atoms with Crippen LogP contribution in [0.4, 0.5) is 0 Å². The van der Waals surface area contributed by atoms with Crippen molar-refractivity contribution in [1.29, 1.82) is 0 Å². The molecular weight excluding hydrogens is 298 g/mol. The maximum Gasteiger partial charge on any atom is 0.220 e. The molecule has 1 aromatic heterocycles. The number of pyridine rings is 1. The normalized spacial score (nSPS) is 11.3. The number of hydrogen-bond donors (Lipinski definition) is 0. The predicted molar refractivity (Wildman–Crippen MR) is 101 cm³/mol. The van der Waals surface area contributed by atoms with E-state index in [-0.39, 0.29) is 5.41 Å². The Kier molecular flexibility index (Phi) is 6.82. The maximum atomic E-state index is 5.22. The number of ether oxygens (including phenoxy) is 2. The molecule has 0 saturated carbocycles. The average Bonchev–Trinajstić information content (AvgIpc) is 2.54. The summed E-state index contributed by atoms with van der Waals surface area (Å²) in [5.74, 6) is 1.21. The van der Waals surface area contributed by atoms with Crippen molar-refractivity contribution >= 4 is 0 Å². The van der Waals surface area contributed by atoms with Crippen LogP contribution in [-0.4, -0.2) is 19.2 Å². The Morgan fingerprint density at radius 3 is 1.67 bits per heavy atom. The lowest BCUT2D eigenvalue weighted by atomic mass is 9.87. The molecule has 0 atom stereocenters. The van der Waals surface area contributed by atoms with Crippen LogP contribution in [-0.2, 0) is 10.8 Å². The van der Waals surface area contributed by atoms with E-state index in [2.05, 4.69) is 76.9 Å². The highest BCUT2D eigenvalue weighted by Crippen LogP contribution is 2.31. The van der Waals surface area contributed by atoms with Gasteiger partial charge in [0.05, 0.1) is 14.2 Å². The molecule has 1 aromatic carbocycles. The van der Waals surface area contributed by atoms with E-state index < -0.39 is 0 Å². The van der Waals surface area contributed by atoms with E-state index in [9.17, 15) is 0 Å². The molecule has 0 fully saturated rings. The number of aromatic nitrogens is 1. The summed E-state index contributed by atoms with van der Waals surface area (Å²) in [6.07, 6.45) is 0. The summed E-state index contributed by atoms with van der Waals surface area (Å²) in [6.45, 7) is 13.0. The zero-order valence-electron chi connectivity index (χ0n) is 16.3. The zero-order valence-corrected chi connectivity index (χ0v) is 16.3. The Hall–Kier alpha value is -2.03. The molecule has 1 heterocycles. The van der Waals surface area contributed by atoms with Gasteiger partial charge >= 0.3 is 0 Å². The Balaban J connectivity index is 0.000000254. The summed E-state index contributed by atoms with van der Waals surface area (Å²) >= 11 is 0. The zero-order chi connectivity index (χ0) is 18.4. The first kappa shape index (κ1) is 20.0. The van der Waals surface area contributed by atoms with Crippen molar-refractivity contribution < 1.29 is 9.47 Å². The van der Waals surface area contributed by atoms with E-state index in [4.69, 9.17) is 9.47 Å². The minimum Gasteiger partial charge on any atom is -0.481 e. The molecule has 0 aliphatic heterocycles. The Morgan fingerprint density at radius 1 is 0.708 bits per heavy atom. The summed E-state index contributed by atoms with van der Waals surface area (Å²) in [5, 5.41) is 0. The van der Waals surface area contributed by atoms with Gasteiger partial charge in [0.1, 0.15) is 0 Å². The van der Waals surface area contributed by atoms with Crippen molar-refractivity contribution in [2.24, 2.45) is 0 Å². The molecule has 0 aliphatic carbocycles. The Bertz CT molecular complexity index is 623. The van der Waals surface area contributed by atoms with E-state index in [1.165, 1.54) is 5.56 Å². The number of hydrogen-bond acceptors (Lipinski definition) is 3. The SMILES string of the molecule is CC(C)(C)c1ccccc1.COc1ccc(C(C)(C)C)c(OC)n1. The Labute approximate surface area is 147 Å². The summed E-state index contributed by atoms with van der Waals surface area (Å²) in [6, 6.07) is 14.4. The van der Waals surface area contributed by atoms with Gasteiger partial charge in [0.25, 0.3) is 0 Å². The fourth-order valence-corrected chi connectivity index (χ4v) is 2.20. The third kappa shape index (κ3) is 5.88. The highest BCUT2D eigenvalue weighted by Gasteiger charge is 2.20. The van der Waals surface area contributed by atoms with E-state index in [1.807, 2.05) is 12.1 Å². The molecule has 0 unspecified atom stereocenters. The molecule has 0 N–H and O–H groups in total. The van der Waals surface area contributed by atoms with Crippen LogP contribution in [0.2, 0.25) is 0 Å². The third-order valence-corrected chi connectivity index (χ3v) is 3.69. The first-order chi connectivity index (χ1) is 11.1. The number of rotatable bonds is 2. The largest absolute Gasteiger partial charge is 0.481 e.